The van der Waals surface area contributed by atoms with E-state index < -0.39 is 15.9 Å². The van der Waals surface area contributed by atoms with E-state index in [0.717, 1.165) is 0 Å². The third kappa shape index (κ3) is 4.67. The van der Waals surface area contributed by atoms with Gasteiger partial charge in [0.1, 0.15) is 0 Å². The van der Waals surface area contributed by atoms with Crippen molar-refractivity contribution in [2.45, 2.75) is 38.5 Å². The van der Waals surface area contributed by atoms with Crippen molar-refractivity contribution < 1.29 is 13.2 Å². The molecule has 0 radical (unpaired) electrons. The maximum atomic E-state index is 12.0. The van der Waals surface area contributed by atoms with Crippen LogP contribution in [0.3, 0.4) is 0 Å². The fourth-order valence-electron chi connectivity index (χ4n) is 1.90. The Bertz CT molecular complexity index is 509. The molecule has 0 spiro atoms. The Morgan fingerprint density at radius 3 is 2.26 bits per heavy atom. The van der Waals surface area contributed by atoms with Crippen molar-refractivity contribution in [2.24, 2.45) is 11.8 Å². The molecule has 0 aliphatic heterocycles. The minimum Gasteiger partial charge on any atom is -0.274 e. The van der Waals surface area contributed by atoms with Crippen LogP contribution in [0.5, 0.6) is 0 Å². The van der Waals surface area contributed by atoms with E-state index in [1.807, 2.05) is 20.8 Å². The van der Waals surface area contributed by atoms with Gasteiger partial charge in [0, 0.05) is 5.92 Å². The van der Waals surface area contributed by atoms with E-state index in [0.29, 0.717) is 18.8 Å². The highest BCUT2D eigenvalue weighted by atomic mass is 32.2. The van der Waals surface area contributed by atoms with Crippen molar-refractivity contribution >= 4 is 15.9 Å². The number of benzene rings is 1. The Morgan fingerprint density at radius 2 is 1.79 bits per heavy atom. The Balaban J connectivity index is 2.81. The van der Waals surface area contributed by atoms with E-state index >= 15 is 0 Å². The SMILES string of the molecule is CCC(CC(C)C)C(=O)NS(=O)(=O)c1ccccc1. The maximum absolute atomic E-state index is 12.0. The molecule has 0 heterocycles. The van der Waals surface area contributed by atoms with Gasteiger partial charge in [0.15, 0.2) is 0 Å². The fraction of sp³-hybridized carbons (Fsp3) is 0.500. The first-order valence-corrected chi connectivity index (χ1v) is 7.96. The van der Waals surface area contributed by atoms with Gasteiger partial charge < -0.3 is 0 Å². The summed E-state index contributed by atoms with van der Waals surface area (Å²) in [6, 6.07) is 7.93. The zero-order chi connectivity index (χ0) is 14.5. The second-order valence-electron chi connectivity index (χ2n) is 5.02. The van der Waals surface area contributed by atoms with E-state index in [2.05, 4.69) is 4.72 Å². The molecular weight excluding hydrogens is 262 g/mol. The molecule has 0 aliphatic carbocycles. The molecule has 106 valence electrons. The molecule has 1 amide bonds. The lowest BCUT2D eigenvalue weighted by Crippen LogP contribution is -2.36. The number of amides is 1. The van der Waals surface area contributed by atoms with Gasteiger partial charge in [-0.1, -0.05) is 39.0 Å². The van der Waals surface area contributed by atoms with E-state index in [1.54, 1.807) is 18.2 Å². The minimum absolute atomic E-state index is 0.114. The monoisotopic (exact) mass is 283 g/mol. The molecular formula is C14H21NO3S. The molecule has 0 bridgehead atoms. The minimum atomic E-state index is -3.75. The molecule has 0 fully saturated rings. The molecule has 1 atom stereocenters. The maximum Gasteiger partial charge on any atom is 0.264 e. The molecule has 1 aromatic rings. The van der Waals surface area contributed by atoms with Crippen LogP contribution in [0.25, 0.3) is 0 Å². The predicted molar refractivity (Wildman–Crippen MR) is 75.0 cm³/mol. The standard InChI is InChI=1S/C14H21NO3S/c1-4-12(10-11(2)3)14(16)15-19(17,18)13-8-6-5-7-9-13/h5-9,11-12H,4,10H2,1-3H3,(H,15,16). The molecule has 4 nitrogen and oxygen atoms in total. The number of hydrogen-bond donors (Lipinski definition) is 1. The van der Waals surface area contributed by atoms with Crippen LogP contribution < -0.4 is 4.72 Å². The zero-order valence-electron chi connectivity index (χ0n) is 11.6. The number of nitrogens with one attached hydrogen (secondary N) is 1. The lowest BCUT2D eigenvalue weighted by Gasteiger charge is -2.16. The molecule has 0 saturated carbocycles. The van der Waals surface area contributed by atoms with Gasteiger partial charge in [-0.3, -0.25) is 4.79 Å². The molecule has 0 aliphatic rings. The second kappa shape index (κ2) is 6.70. The summed E-state index contributed by atoms with van der Waals surface area (Å²) in [4.78, 5) is 12.1. The molecule has 1 N–H and O–H groups in total. The summed E-state index contributed by atoms with van der Waals surface area (Å²) in [5, 5.41) is 0. The highest BCUT2D eigenvalue weighted by molar-refractivity contribution is 7.90. The molecule has 5 heteroatoms. The summed E-state index contributed by atoms with van der Waals surface area (Å²) in [6.07, 6.45) is 1.32. The van der Waals surface area contributed by atoms with Gasteiger partial charge in [-0.25, -0.2) is 13.1 Å². The lowest BCUT2D eigenvalue weighted by atomic mass is 9.94. The fourth-order valence-corrected chi connectivity index (χ4v) is 2.97. The van der Waals surface area contributed by atoms with Crippen LogP contribution in [-0.4, -0.2) is 14.3 Å². The number of rotatable bonds is 6. The average molecular weight is 283 g/mol. The number of carbonyl (C=O) groups excluding carboxylic acids is 1. The third-order valence-electron chi connectivity index (χ3n) is 2.91. The van der Waals surface area contributed by atoms with Crippen LogP contribution in [0.1, 0.15) is 33.6 Å². The third-order valence-corrected chi connectivity index (χ3v) is 4.27. The van der Waals surface area contributed by atoms with Crippen molar-refractivity contribution in [1.29, 1.82) is 0 Å². The summed E-state index contributed by atoms with van der Waals surface area (Å²) in [5.41, 5.74) is 0. The van der Waals surface area contributed by atoms with E-state index in [9.17, 15) is 13.2 Å². The quantitative estimate of drug-likeness (QED) is 0.872. The van der Waals surface area contributed by atoms with Crippen molar-refractivity contribution in [1.82, 2.24) is 4.72 Å². The lowest BCUT2D eigenvalue weighted by molar-refractivity contribution is -0.123. The number of sulfonamides is 1. The number of hydrogen-bond acceptors (Lipinski definition) is 3. The van der Waals surface area contributed by atoms with Crippen LogP contribution >= 0.6 is 0 Å². The molecule has 0 saturated heterocycles. The van der Waals surface area contributed by atoms with Gasteiger partial charge in [-0.05, 0) is 30.9 Å². The van der Waals surface area contributed by atoms with E-state index in [4.69, 9.17) is 0 Å². The van der Waals surface area contributed by atoms with Crippen molar-refractivity contribution in [3.8, 4) is 0 Å². The van der Waals surface area contributed by atoms with Gasteiger partial charge in [0.2, 0.25) is 5.91 Å². The predicted octanol–water partition coefficient (Wildman–Crippen LogP) is 2.56. The van der Waals surface area contributed by atoms with Crippen molar-refractivity contribution in [3.05, 3.63) is 30.3 Å². The smallest absolute Gasteiger partial charge is 0.264 e. The zero-order valence-corrected chi connectivity index (χ0v) is 12.4. The topological polar surface area (TPSA) is 63.2 Å². The molecule has 1 aromatic carbocycles. The first kappa shape index (κ1) is 15.7. The van der Waals surface area contributed by atoms with Gasteiger partial charge in [0.05, 0.1) is 4.90 Å². The summed E-state index contributed by atoms with van der Waals surface area (Å²) in [6.45, 7) is 5.92. The van der Waals surface area contributed by atoms with E-state index in [1.165, 1.54) is 12.1 Å². The second-order valence-corrected chi connectivity index (χ2v) is 6.70. The molecule has 1 unspecified atom stereocenters. The molecule has 19 heavy (non-hydrogen) atoms. The Kier molecular flexibility index (Phi) is 5.54. The largest absolute Gasteiger partial charge is 0.274 e. The Labute approximate surface area is 115 Å². The van der Waals surface area contributed by atoms with Gasteiger partial charge in [-0.2, -0.15) is 0 Å². The number of carbonyl (C=O) groups is 1. The van der Waals surface area contributed by atoms with Crippen LogP contribution in [-0.2, 0) is 14.8 Å². The molecule has 1 rings (SSSR count). The van der Waals surface area contributed by atoms with Gasteiger partial charge in [0.25, 0.3) is 10.0 Å². The van der Waals surface area contributed by atoms with Crippen LogP contribution in [0.15, 0.2) is 35.2 Å². The van der Waals surface area contributed by atoms with Gasteiger partial charge >= 0.3 is 0 Å². The normalized spacial score (nSPS) is 13.3. The summed E-state index contributed by atoms with van der Waals surface area (Å²) in [7, 11) is -3.75. The van der Waals surface area contributed by atoms with Crippen molar-refractivity contribution in [3.63, 3.8) is 0 Å². The van der Waals surface area contributed by atoms with Crippen LogP contribution in [0, 0.1) is 11.8 Å². The highest BCUT2D eigenvalue weighted by Gasteiger charge is 2.23. The summed E-state index contributed by atoms with van der Waals surface area (Å²) in [5.74, 6) is -0.325. The summed E-state index contributed by atoms with van der Waals surface area (Å²) < 4.78 is 26.2. The Hall–Kier alpha value is -1.36. The first-order valence-electron chi connectivity index (χ1n) is 6.48. The average Bonchev–Trinajstić information content (AvgIpc) is 2.36. The highest BCUT2D eigenvalue weighted by Crippen LogP contribution is 2.16. The first-order chi connectivity index (χ1) is 8.86. The van der Waals surface area contributed by atoms with Crippen LogP contribution in [0.4, 0.5) is 0 Å². The molecule has 0 aromatic heterocycles. The van der Waals surface area contributed by atoms with Crippen molar-refractivity contribution in [2.75, 3.05) is 0 Å². The van der Waals surface area contributed by atoms with Crippen LogP contribution in [0.2, 0.25) is 0 Å². The van der Waals surface area contributed by atoms with Gasteiger partial charge in [-0.15, -0.1) is 0 Å². The summed E-state index contributed by atoms with van der Waals surface area (Å²) >= 11 is 0. The van der Waals surface area contributed by atoms with E-state index in [-0.39, 0.29) is 10.8 Å². The Morgan fingerprint density at radius 1 is 1.21 bits per heavy atom.